The Morgan fingerprint density at radius 1 is 1.00 bits per heavy atom. The van der Waals surface area contributed by atoms with Crippen molar-refractivity contribution in [2.75, 3.05) is 0 Å². The van der Waals surface area contributed by atoms with E-state index in [9.17, 15) is 29.5 Å². The van der Waals surface area contributed by atoms with Crippen molar-refractivity contribution in [3.05, 3.63) is 113 Å². The van der Waals surface area contributed by atoms with Crippen molar-refractivity contribution in [2.45, 2.75) is 51.5 Å². The van der Waals surface area contributed by atoms with Crippen LogP contribution in [-0.2, 0) is 11.3 Å². The minimum absolute atomic E-state index is 0. The summed E-state index contributed by atoms with van der Waals surface area (Å²) >= 11 is 0. The topological polar surface area (TPSA) is 136 Å². The number of rotatable bonds is 12. The van der Waals surface area contributed by atoms with Gasteiger partial charge >= 0.3 is 35.5 Å². The molecule has 0 bridgehead atoms. The number of carboxylic acid groups (broad SMARTS) is 1. The molecular weight excluding hydrogens is 584 g/mol. The third-order valence-electron chi connectivity index (χ3n) is 7.08. The molecule has 10 heteroatoms. The molecule has 1 aromatic heterocycles. The van der Waals surface area contributed by atoms with Crippen LogP contribution in [-0.4, -0.2) is 44.0 Å². The number of amides is 1. The smallest absolute Gasteiger partial charge is 1.00 e. The molecular formula is C35H35FN3NaO5. The first-order chi connectivity index (χ1) is 21.1. The predicted octanol–water partition coefficient (Wildman–Crippen LogP) is 3.06. The van der Waals surface area contributed by atoms with Crippen LogP contribution in [0.15, 0.2) is 84.9 Å². The van der Waals surface area contributed by atoms with Crippen LogP contribution in [0.3, 0.4) is 0 Å². The average molecular weight is 620 g/mol. The molecule has 0 aliphatic rings. The van der Waals surface area contributed by atoms with Gasteiger partial charge in [0.05, 0.1) is 30.3 Å². The Morgan fingerprint density at radius 2 is 1.67 bits per heavy atom. The van der Waals surface area contributed by atoms with E-state index in [2.05, 4.69) is 11.4 Å². The van der Waals surface area contributed by atoms with Crippen molar-refractivity contribution >= 4 is 18.0 Å². The predicted molar refractivity (Wildman–Crippen MR) is 167 cm³/mol. The molecule has 8 nitrogen and oxygen atoms in total. The van der Waals surface area contributed by atoms with Gasteiger partial charge in [-0.3, -0.25) is 9.59 Å². The van der Waals surface area contributed by atoms with E-state index in [1.54, 1.807) is 36.4 Å². The monoisotopic (exact) mass is 619 g/mol. The summed E-state index contributed by atoms with van der Waals surface area (Å²) in [6.45, 7) is 4.00. The first-order valence-electron chi connectivity index (χ1n) is 14.2. The quantitative estimate of drug-likeness (QED) is 0.180. The maximum Gasteiger partial charge on any atom is 1.00 e. The van der Waals surface area contributed by atoms with Crippen molar-refractivity contribution in [3.8, 4) is 28.3 Å². The molecule has 4 N–H and O–H groups in total. The molecule has 4 rings (SSSR count). The van der Waals surface area contributed by atoms with Gasteiger partial charge in [0, 0.05) is 35.8 Å². The number of nitriles is 1. The summed E-state index contributed by atoms with van der Waals surface area (Å²) in [5.74, 6) is -1.97. The van der Waals surface area contributed by atoms with Gasteiger partial charge < -0.3 is 26.6 Å². The number of halogens is 1. The zero-order chi connectivity index (χ0) is 31.8. The van der Waals surface area contributed by atoms with Gasteiger partial charge in [0.15, 0.2) is 0 Å². The van der Waals surface area contributed by atoms with Gasteiger partial charge in [0.1, 0.15) is 11.5 Å². The molecule has 0 saturated heterocycles. The van der Waals surface area contributed by atoms with E-state index < -0.39 is 30.4 Å². The van der Waals surface area contributed by atoms with Gasteiger partial charge in [0.25, 0.3) is 5.91 Å². The number of hydrogen-bond acceptors (Lipinski definition) is 5. The average Bonchev–Trinajstić information content (AvgIpc) is 3.35. The normalized spacial score (nSPS) is 12.4. The fourth-order valence-corrected chi connectivity index (χ4v) is 5.19. The minimum Gasteiger partial charge on any atom is -1.00 e. The maximum absolute atomic E-state index is 14.1. The van der Waals surface area contributed by atoms with Gasteiger partial charge in [-0.25, -0.2) is 4.39 Å². The molecule has 0 radical (unpaired) electrons. The van der Waals surface area contributed by atoms with Crippen LogP contribution in [0.5, 0.6) is 0 Å². The second kappa shape index (κ2) is 16.3. The molecule has 45 heavy (non-hydrogen) atoms. The summed E-state index contributed by atoms with van der Waals surface area (Å²) in [5, 5.41) is 42.0. The number of nitrogens with zero attached hydrogens (tertiary/aromatic N) is 2. The van der Waals surface area contributed by atoms with Gasteiger partial charge in [-0.2, -0.15) is 5.26 Å². The Labute approximate surface area is 285 Å². The molecule has 1 heterocycles. The molecule has 3 aromatic carbocycles. The number of aromatic nitrogens is 1. The summed E-state index contributed by atoms with van der Waals surface area (Å²) in [5.41, 5.74) is 4.77. The molecule has 228 valence electrons. The van der Waals surface area contributed by atoms with Crippen molar-refractivity contribution in [1.29, 1.82) is 5.26 Å². The molecule has 0 aliphatic carbocycles. The van der Waals surface area contributed by atoms with Crippen LogP contribution < -0.4 is 34.9 Å². The zero-order valence-electron chi connectivity index (χ0n) is 26.4. The number of carboxylic acids is 1. The van der Waals surface area contributed by atoms with Gasteiger partial charge in [-0.15, -0.1) is 0 Å². The number of aliphatic hydroxyl groups excluding tert-OH is 2. The Bertz CT molecular complexity index is 1700. The van der Waals surface area contributed by atoms with Crippen molar-refractivity contribution in [2.24, 2.45) is 0 Å². The number of benzene rings is 3. The van der Waals surface area contributed by atoms with Crippen molar-refractivity contribution in [3.63, 3.8) is 0 Å². The van der Waals surface area contributed by atoms with E-state index >= 15 is 0 Å². The summed E-state index contributed by atoms with van der Waals surface area (Å²) in [6.07, 6.45) is -0.0230. The second-order valence-corrected chi connectivity index (χ2v) is 10.7. The van der Waals surface area contributed by atoms with E-state index in [4.69, 9.17) is 5.11 Å². The third kappa shape index (κ3) is 9.01. The molecule has 4 aromatic rings. The first-order valence-corrected chi connectivity index (χ1v) is 14.2. The summed E-state index contributed by atoms with van der Waals surface area (Å²) in [6, 6.07) is 24.1. The van der Waals surface area contributed by atoms with Gasteiger partial charge in [-0.1, -0.05) is 60.7 Å². The fourth-order valence-electron chi connectivity index (χ4n) is 5.19. The number of aliphatic carboxylic acids is 1. The third-order valence-corrected chi connectivity index (χ3v) is 7.08. The van der Waals surface area contributed by atoms with Crippen LogP contribution in [0, 0.1) is 17.1 Å². The van der Waals surface area contributed by atoms with Crippen LogP contribution in [0.4, 0.5) is 4.39 Å². The maximum atomic E-state index is 14.1. The molecule has 0 fully saturated rings. The number of carbonyl (C=O) groups is 2. The van der Waals surface area contributed by atoms with Crippen molar-refractivity contribution < 1.29 is 60.3 Å². The minimum atomic E-state index is -1.25. The summed E-state index contributed by atoms with van der Waals surface area (Å²) in [7, 11) is 0. The summed E-state index contributed by atoms with van der Waals surface area (Å²) < 4.78 is 15.9. The molecule has 0 unspecified atom stereocenters. The van der Waals surface area contributed by atoms with E-state index in [1.807, 2.05) is 54.8 Å². The fraction of sp³-hybridized carbons (Fsp3) is 0.229. The van der Waals surface area contributed by atoms with E-state index in [0.29, 0.717) is 33.6 Å². The number of carbonyl (C=O) groups excluding carboxylic acids is 1. The Hall–Kier alpha value is -4.04. The van der Waals surface area contributed by atoms with Gasteiger partial charge in [-0.05, 0) is 60.9 Å². The zero-order valence-corrected chi connectivity index (χ0v) is 27.4. The number of aliphatic hydroxyl groups is 2. The van der Waals surface area contributed by atoms with E-state index in [0.717, 1.165) is 11.1 Å². The van der Waals surface area contributed by atoms with Crippen LogP contribution in [0.1, 0.15) is 61.5 Å². The standard InChI is InChI=1S/C35H34FN3O5.Na.H/c1-22(2)39-30(16-15-28(40)18-29(41)19-31(42)43)32(26-11-13-27(36)14-12-26)33(25-9-4-3-5-10-25)34(39)35(44)38-21-24-8-6-7-23(17-24)20-37;;/h3-17,22,28-29,40-41H,18-19,21H2,1-2H3,(H,38,44)(H,42,43);;/q;+1;-1/b16-15+;;/t28-,29-;;/m1../s1. The summed E-state index contributed by atoms with van der Waals surface area (Å²) in [4.78, 5) is 25.1. The van der Waals surface area contributed by atoms with Crippen LogP contribution in [0.2, 0.25) is 0 Å². The second-order valence-electron chi connectivity index (χ2n) is 10.7. The van der Waals surface area contributed by atoms with Crippen molar-refractivity contribution in [1.82, 2.24) is 9.88 Å². The van der Waals surface area contributed by atoms with Crippen LogP contribution >= 0.6 is 0 Å². The molecule has 0 saturated carbocycles. The Morgan fingerprint density at radius 3 is 2.29 bits per heavy atom. The molecule has 1 amide bonds. The Balaban J connectivity index is 0.00000368. The molecule has 2 atom stereocenters. The van der Waals surface area contributed by atoms with E-state index in [-0.39, 0.29) is 55.9 Å². The largest absolute Gasteiger partial charge is 1.00 e. The van der Waals surface area contributed by atoms with Crippen LogP contribution in [0.25, 0.3) is 28.3 Å². The molecule has 0 aliphatic heterocycles. The number of hydrogen-bond donors (Lipinski definition) is 4. The first kappa shape index (κ1) is 35.4. The SMILES string of the molecule is CC(C)n1c(/C=C/[C@@H](O)C[C@@H](O)CC(=O)O)c(-c2ccc(F)cc2)c(-c2ccccc2)c1C(=O)NCc1cccc(C#N)c1.[H-].[Na+]. The Kier molecular flexibility index (Phi) is 12.9. The number of nitrogens with one attached hydrogen (secondary N) is 1. The van der Waals surface area contributed by atoms with Gasteiger partial charge in [0.2, 0.25) is 0 Å². The van der Waals surface area contributed by atoms with E-state index in [1.165, 1.54) is 18.2 Å². The molecule has 0 spiro atoms.